The Bertz CT molecular complexity index is 577. The molecule has 24 heavy (non-hydrogen) atoms. The molecule has 2 aromatic rings. The Balaban J connectivity index is 1.70. The van der Waals surface area contributed by atoms with E-state index >= 15 is 0 Å². The van der Waals surface area contributed by atoms with Gasteiger partial charge in [0.05, 0.1) is 0 Å². The van der Waals surface area contributed by atoms with Crippen LogP contribution >= 0.6 is 0 Å². The van der Waals surface area contributed by atoms with Crippen LogP contribution in [0.2, 0.25) is 0 Å². The van der Waals surface area contributed by atoms with Gasteiger partial charge in [-0.2, -0.15) is 0 Å². The van der Waals surface area contributed by atoms with Gasteiger partial charge in [-0.05, 0) is 55.7 Å². The van der Waals surface area contributed by atoms with Crippen molar-refractivity contribution in [2.45, 2.75) is 64.8 Å². The molecule has 0 saturated heterocycles. The van der Waals surface area contributed by atoms with Crippen LogP contribution < -0.4 is 4.57 Å². The molecule has 2 rings (SSSR count). The maximum absolute atomic E-state index is 8.93. The van der Waals surface area contributed by atoms with Crippen LogP contribution in [0.15, 0.2) is 48.8 Å². The second-order valence-corrected chi connectivity index (χ2v) is 6.65. The zero-order valence-electron chi connectivity index (χ0n) is 15.1. The van der Waals surface area contributed by atoms with Crippen LogP contribution in [0.4, 0.5) is 0 Å². The lowest BCUT2D eigenvalue weighted by atomic mass is 10.0. The maximum Gasteiger partial charge on any atom is 0.171 e. The average molecular weight is 327 g/mol. The second-order valence-electron chi connectivity index (χ2n) is 6.65. The van der Waals surface area contributed by atoms with Crippen molar-refractivity contribution in [1.82, 2.24) is 0 Å². The van der Waals surface area contributed by atoms with E-state index in [4.69, 9.17) is 5.11 Å². The molecule has 2 heteroatoms. The van der Waals surface area contributed by atoms with Gasteiger partial charge < -0.3 is 5.11 Å². The van der Waals surface area contributed by atoms with Crippen molar-refractivity contribution in [1.29, 1.82) is 0 Å². The van der Waals surface area contributed by atoms with Gasteiger partial charge in [0.1, 0.15) is 6.54 Å². The molecule has 0 radical (unpaired) electrons. The summed E-state index contributed by atoms with van der Waals surface area (Å²) in [6.45, 7) is 3.59. The maximum atomic E-state index is 8.93. The molecule has 1 N–H and O–H groups in total. The number of aliphatic hydroxyl groups excluding tert-OH is 1. The summed E-state index contributed by atoms with van der Waals surface area (Å²) in [4.78, 5) is 0. The predicted molar refractivity (Wildman–Crippen MR) is 100 cm³/mol. The fraction of sp³-hybridized carbons (Fsp3) is 0.500. The molecule has 0 atom stereocenters. The molecule has 1 heterocycles. The monoisotopic (exact) mass is 326 g/mol. The highest BCUT2D eigenvalue weighted by Crippen LogP contribution is 2.10. The molecule has 1 aromatic carbocycles. The van der Waals surface area contributed by atoms with E-state index in [2.05, 4.69) is 60.3 Å². The van der Waals surface area contributed by atoms with Crippen LogP contribution in [-0.4, -0.2) is 11.7 Å². The summed E-state index contributed by atoms with van der Waals surface area (Å²) in [5.74, 6) is 0. The Morgan fingerprint density at radius 3 is 2.12 bits per heavy atom. The van der Waals surface area contributed by atoms with Crippen molar-refractivity contribution in [2.75, 3.05) is 6.61 Å². The molecule has 0 amide bonds. The fourth-order valence-corrected chi connectivity index (χ4v) is 3.02. The molecule has 0 spiro atoms. The highest BCUT2D eigenvalue weighted by Gasteiger charge is 2.03. The number of nitrogens with zero attached hydrogens (tertiary/aromatic N) is 1. The van der Waals surface area contributed by atoms with Crippen molar-refractivity contribution < 1.29 is 9.67 Å². The summed E-state index contributed by atoms with van der Waals surface area (Å²) in [5.41, 5.74) is 4.24. The second kappa shape index (κ2) is 11.0. The third-order valence-corrected chi connectivity index (χ3v) is 4.52. The van der Waals surface area contributed by atoms with Crippen LogP contribution in [0.1, 0.15) is 55.7 Å². The van der Waals surface area contributed by atoms with E-state index in [9.17, 15) is 0 Å². The van der Waals surface area contributed by atoms with E-state index in [1.807, 2.05) is 0 Å². The summed E-state index contributed by atoms with van der Waals surface area (Å²) < 4.78 is 2.28. The Labute approximate surface area is 147 Å². The number of hydrogen-bond donors (Lipinski definition) is 1. The smallest absolute Gasteiger partial charge is 0.171 e. The molecule has 0 aliphatic rings. The molecule has 0 unspecified atom stereocenters. The van der Waals surface area contributed by atoms with Crippen LogP contribution in [0.25, 0.3) is 0 Å². The molecule has 0 aliphatic carbocycles. The highest BCUT2D eigenvalue weighted by atomic mass is 16.2. The predicted octanol–water partition coefficient (Wildman–Crippen LogP) is 4.26. The minimum Gasteiger partial charge on any atom is -0.396 e. The number of benzene rings is 1. The van der Waals surface area contributed by atoms with Gasteiger partial charge >= 0.3 is 0 Å². The normalized spacial score (nSPS) is 10.9. The number of unbranched alkanes of at least 4 members (excludes halogenated alkanes) is 2. The van der Waals surface area contributed by atoms with Crippen LogP contribution in [0.5, 0.6) is 0 Å². The molecular weight excluding hydrogens is 294 g/mol. The standard InChI is InChI=1S/C22H32NO/c1-2-3-8-20-12-14-21(15-13-20)9-4-5-16-23-17-6-10-22(19-23)11-7-18-24/h6,10,12-15,17,19,24H,2-5,7-9,11,16,18H2,1H3/q+1. The summed E-state index contributed by atoms with van der Waals surface area (Å²) in [7, 11) is 0. The number of aromatic nitrogens is 1. The SMILES string of the molecule is CCCCc1ccc(CCCC[n+]2cccc(CCCO)c2)cc1. The van der Waals surface area contributed by atoms with Crippen molar-refractivity contribution in [3.8, 4) is 0 Å². The third kappa shape index (κ3) is 6.84. The van der Waals surface area contributed by atoms with Gasteiger partial charge in [0, 0.05) is 24.7 Å². The lowest BCUT2D eigenvalue weighted by Gasteiger charge is -2.04. The quantitative estimate of drug-likeness (QED) is 0.484. The van der Waals surface area contributed by atoms with Crippen LogP contribution in [0.3, 0.4) is 0 Å². The van der Waals surface area contributed by atoms with Crippen LogP contribution in [0, 0.1) is 0 Å². The molecule has 0 aliphatic heterocycles. The van der Waals surface area contributed by atoms with Crippen LogP contribution in [-0.2, 0) is 25.8 Å². The highest BCUT2D eigenvalue weighted by molar-refractivity contribution is 5.22. The molecule has 130 valence electrons. The molecule has 0 fully saturated rings. The van der Waals surface area contributed by atoms with Gasteiger partial charge in [-0.25, -0.2) is 4.57 Å². The van der Waals surface area contributed by atoms with Crippen molar-refractivity contribution in [2.24, 2.45) is 0 Å². The fourth-order valence-electron chi connectivity index (χ4n) is 3.02. The molecule has 0 bridgehead atoms. The molecule has 0 saturated carbocycles. The minimum absolute atomic E-state index is 0.270. The first-order valence-electron chi connectivity index (χ1n) is 9.48. The van der Waals surface area contributed by atoms with E-state index in [-0.39, 0.29) is 6.61 Å². The van der Waals surface area contributed by atoms with E-state index in [0.717, 1.165) is 19.4 Å². The first-order valence-corrected chi connectivity index (χ1v) is 9.48. The number of aliphatic hydroxyl groups is 1. The zero-order chi connectivity index (χ0) is 17.0. The van der Waals surface area contributed by atoms with Crippen molar-refractivity contribution in [3.05, 3.63) is 65.5 Å². The summed E-state index contributed by atoms with van der Waals surface area (Å²) in [6, 6.07) is 13.4. The molecule has 2 nitrogen and oxygen atoms in total. The van der Waals surface area contributed by atoms with E-state index in [1.54, 1.807) is 0 Å². The van der Waals surface area contributed by atoms with Gasteiger partial charge in [0.15, 0.2) is 12.4 Å². The Kier molecular flexibility index (Phi) is 8.54. The first-order chi connectivity index (χ1) is 11.8. The number of hydrogen-bond acceptors (Lipinski definition) is 1. The largest absolute Gasteiger partial charge is 0.396 e. The van der Waals surface area contributed by atoms with Gasteiger partial charge in [-0.3, -0.25) is 0 Å². The summed E-state index contributed by atoms with van der Waals surface area (Å²) >= 11 is 0. The minimum atomic E-state index is 0.270. The Hall–Kier alpha value is -1.67. The van der Waals surface area contributed by atoms with Gasteiger partial charge in [-0.1, -0.05) is 37.6 Å². The van der Waals surface area contributed by atoms with Gasteiger partial charge in [0.25, 0.3) is 0 Å². The van der Waals surface area contributed by atoms with Crippen molar-refractivity contribution >= 4 is 0 Å². The molecular formula is C22H32NO+. The topological polar surface area (TPSA) is 24.1 Å². The number of rotatable bonds is 11. The van der Waals surface area contributed by atoms with Crippen molar-refractivity contribution in [3.63, 3.8) is 0 Å². The lowest BCUT2D eigenvalue weighted by Crippen LogP contribution is -2.33. The van der Waals surface area contributed by atoms with E-state index in [0.29, 0.717) is 0 Å². The summed E-state index contributed by atoms with van der Waals surface area (Å²) in [6.07, 6.45) is 13.5. The third-order valence-electron chi connectivity index (χ3n) is 4.52. The number of pyridine rings is 1. The summed E-state index contributed by atoms with van der Waals surface area (Å²) in [5, 5.41) is 8.93. The Morgan fingerprint density at radius 2 is 1.46 bits per heavy atom. The van der Waals surface area contributed by atoms with E-state index < -0.39 is 0 Å². The Morgan fingerprint density at radius 1 is 0.792 bits per heavy atom. The lowest BCUT2D eigenvalue weighted by molar-refractivity contribution is -0.697. The first kappa shape index (κ1) is 18.7. The van der Waals surface area contributed by atoms with Gasteiger partial charge in [0.2, 0.25) is 0 Å². The number of aryl methyl sites for hydroxylation is 4. The molecule has 1 aromatic heterocycles. The average Bonchev–Trinajstić information content (AvgIpc) is 2.63. The van der Waals surface area contributed by atoms with E-state index in [1.165, 1.54) is 55.2 Å². The zero-order valence-corrected chi connectivity index (χ0v) is 15.1. The van der Waals surface area contributed by atoms with Gasteiger partial charge in [-0.15, -0.1) is 0 Å².